The van der Waals surface area contributed by atoms with Crippen LogP contribution in [0.5, 0.6) is 0 Å². The lowest BCUT2D eigenvalue weighted by molar-refractivity contribution is 0.0148. The van der Waals surface area contributed by atoms with Crippen molar-refractivity contribution in [2.45, 2.75) is 90.4 Å². The minimum absolute atomic E-state index is 0.0794. The van der Waals surface area contributed by atoms with Gasteiger partial charge in [-0.3, -0.25) is 0 Å². The van der Waals surface area contributed by atoms with Gasteiger partial charge in [0.1, 0.15) is 5.60 Å². The number of hydrogen-bond donors (Lipinski definition) is 2. The predicted molar refractivity (Wildman–Crippen MR) is 89.0 cm³/mol. The first kappa shape index (κ1) is 19.2. The number of carbonyl (C=O) groups is 1. The molecule has 0 aromatic carbocycles. The maximum atomic E-state index is 12.5. The van der Waals surface area contributed by atoms with Crippen molar-refractivity contribution in [1.82, 2.24) is 10.2 Å². The van der Waals surface area contributed by atoms with Gasteiger partial charge in [-0.05, 0) is 53.9 Å². The Morgan fingerprint density at radius 3 is 2.55 bits per heavy atom. The second-order valence-electron chi connectivity index (χ2n) is 7.56. The summed E-state index contributed by atoms with van der Waals surface area (Å²) in [5, 5.41) is 12.5. The van der Waals surface area contributed by atoms with Gasteiger partial charge in [-0.1, -0.05) is 12.8 Å². The fraction of sp³-hybridized carbons (Fsp3) is 0.941. The Balaban J connectivity index is 2.67. The first-order valence-electron chi connectivity index (χ1n) is 8.59. The molecular formula is C17H34N2O3. The summed E-state index contributed by atoms with van der Waals surface area (Å²) < 4.78 is 5.57. The van der Waals surface area contributed by atoms with E-state index in [4.69, 9.17) is 9.84 Å². The largest absolute Gasteiger partial charge is 0.444 e. The second kappa shape index (κ2) is 8.73. The van der Waals surface area contributed by atoms with Gasteiger partial charge in [0.15, 0.2) is 0 Å². The SMILES string of the molecule is CC(CO)NC(C)CC1CCCCCN1C(=O)OC(C)(C)C. The number of likely N-dealkylation sites (tertiary alicyclic amines) is 1. The van der Waals surface area contributed by atoms with Crippen LogP contribution in [-0.4, -0.2) is 53.0 Å². The Bertz CT molecular complexity index is 341. The number of rotatable bonds is 5. The van der Waals surface area contributed by atoms with Gasteiger partial charge in [0.25, 0.3) is 0 Å². The third kappa shape index (κ3) is 6.97. The van der Waals surface area contributed by atoms with Crippen LogP contribution in [0.4, 0.5) is 4.79 Å². The van der Waals surface area contributed by atoms with Crippen molar-refractivity contribution in [3.8, 4) is 0 Å². The van der Waals surface area contributed by atoms with E-state index in [-0.39, 0.29) is 30.8 Å². The molecule has 0 bridgehead atoms. The van der Waals surface area contributed by atoms with Crippen LogP contribution in [0.2, 0.25) is 0 Å². The fourth-order valence-corrected chi connectivity index (χ4v) is 3.00. The van der Waals surface area contributed by atoms with E-state index in [0.29, 0.717) is 0 Å². The number of carbonyl (C=O) groups excluding carboxylic acids is 1. The van der Waals surface area contributed by atoms with Crippen molar-refractivity contribution in [2.75, 3.05) is 13.2 Å². The Hall–Kier alpha value is -0.810. The monoisotopic (exact) mass is 314 g/mol. The van der Waals surface area contributed by atoms with E-state index >= 15 is 0 Å². The van der Waals surface area contributed by atoms with E-state index in [1.165, 1.54) is 6.42 Å². The van der Waals surface area contributed by atoms with Crippen LogP contribution < -0.4 is 5.32 Å². The summed E-state index contributed by atoms with van der Waals surface area (Å²) in [4.78, 5) is 14.4. The fourth-order valence-electron chi connectivity index (χ4n) is 3.00. The highest BCUT2D eigenvalue weighted by Crippen LogP contribution is 2.23. The molecule has 1 aliphatic heterocycles. The zero-order valence-corrected chi connectivity index (χ0v) is 14.9. The number of amides is 1. The molecule has 1 amide bonds. The lowest BCUT2D eigenvalue weighted by atomic mass is 10.0. The van der Waals surface area contributed by atoms with E-state index in [1.54, 1.807) is 0 Å². The van der Waals surface area contributed by atoms with Crippen molar-refractivity contribution in [3.05, 3.63) is 0 Å². The van der Waals surface area contributed by atoms with E-state index in [2.05, 4.69) is 12.2 Å². The van der Waals surface area contributed by atoms with Gasteiger partial charge >= 0.3 is 6.09 Å². The van der Waals surface area contributed by atoms with Crippen molar-refractivity contribution < 1.29 is 14.6 Å². The van der Waals surface area contributed by atoms with Gasteiger partial charge in [0.2, 0.25) is 0 Å². The molecule has 0 aromatic rings. The van der Waals surface area contributed by atoms with Crippen LogP contribution in [0.3, 0.4) is 0 Å². The standard InChI is InChI=1S/C17H34N2O3/c1-13(18-14(2)12-20)11-15-9-7-6-8-10-19(15)16(21)22-17(3,4)5/h13-15,18,20H,6-12H2,1-5H3. The Labute approximate surface area is 135 Å². The topological polar surface area (TPSA) is 61.8 Å². The molecule has 1 rings (SSSR count). The molecule has 0 spiro atoms. The summed E-state index contributed by atoms with van der Waals surface area (Å²) in [7, 11) is 0. The van der Waals surface area contributed by atoms with Crippen LogP contribution in [0.1, 0.15) is 66.7 Å². The van der Waals surface area contributed by atoms with Crippen LogP contribution in [0.25, 0.3) is 0 Å². The molecule has 0 aliphatic carbocycles. The van der Waals surface area contributed by atoms with Crippen LogP contribution in [0, 0.1) is 0 Å². The van der Waals surface area contributed by atoms with E-state index < -0.39 is 5.60 Å². The van der Waals surface area contributed by atoms with Crippen molar-refractivity contribution in [1.29, 1.82) is 0 Å². The Kier molecular flexibility index (Phi) is 7.63. The molecule has 2 N–H and O–H groups in total. The van der Waals surface area contributed by atoms with Crippen molar-refractivity contribution >= 4 is 6.09 Å². The first-order valence-corrected chi connectivity index (χ1v) is 8.59. The molecule has 0 radical (unpaired) electrons. The molecule has 22 heavy (non-hydrogen) atoms. The average molecular weight is 314 g/mol. The molecule has 0 aromatic heterocycles. The zero-order valence-electron chi connectivity index (χ0n) is 14.9. The molecule has 130 valence electrons. The molecule has 5 nitrogen and oxygen atoms in total. The van der Waals surface area contributed by atoms with Crippen LogP contribution >= 0.6 is 0 Å². The van der Waals surface area contributed by atoms with Gasteiger partial charge in [0.05, 0.1) is 6.61 Å². The average Bonchev–Trinajstić information content (AvgIpc) is 2.61. The van der Waals surface area contributed by atoms with E-state index in [0.717, 1.165) is 32.2 Å². The maximum absolute atomic E-state index is 12.5. The van der Waals surface area contributed by atoms with Gasteiger partial charge in [0, 0.05) is 24.7 Å². The number of hydrogen-bond acceptors (Lipinski definition) is 4. The van der Waals surface area contributed by atoms with Gasteiger partial charge in [-0.25, -0.2) is 4.79 Å². The smallest absolute Gasteiger partial charge is 0.410 e. The van der Waals surface area contributed by atoms with Crippen LogP contribution in [-0.2, 0) is 4.74 Å². The van der Waals surface area contributed by atoms with E-state index in [9.17, 15) is 4.79 Å². The first-order chi connectivity index (χ1) is 10.2. The lowest BCUT2D eigenvalue weighted by Gasteiger charge is -2.34. The highest BCUT2D eigenvalue weighted by atomic mass is 16.6. The predicted octanol–water partition coefficient (Wildman–Crippen LogP) is 2.92. The molecule has 1 aliphatic rings. The van der Waals surface area contributed by atoms with Crippen molar-refractivity contribution in [3.63, 3.8) is 0 Å². The molecule has 5 heteroatoms. The summed E-state index contributed by atoms with van der Waals surface area (Å²) >= 11 is 0. The molecular weight excluding hydrogens is 280 g/mol. The van der Waals surface area contributed by atoms with Gasteiger partial charge < -0.3 is 20.1 Å². The van der Waals surface area contributed by atoms with Gasteiger partial charge in [-0.2, -0.15) is 0 Å². The zero-order chi connectivity index (χ0) is 16.8. The molecule has 1 fully saturated rings. The summed E-state index contributed by atoms with van der Waals surface area (Å²) in [6.45, 7) is 10.7. The quantitative estimate of drug-likeness (QED) is 0.819. The third-order valence-corrected chi connectivity index (χ3v) is 3.97. The van der Waals surface area contributed by atoms with Crippen LogP contribution in [0.15, 0.2) is 0 Å². The lowest BCUT2D eigenvalue weighted by Crippen LogP contribution is -2.47. The van der Waals surface area contributed by atoms with Crippen molar-refractivity contribution in [2.24, 2.45) is 0 Å². The van der Waals surface area contributed by atoms with Gasteiger partial charge in [-0.15, -0.1) is 0 Å². The number of nitrogens with zero attached hydrogens (tertiary/aromatic N) is 1. The Morgan fingerprint density at radius 1 is 1.27 bits per heavy atom. The minimum Gasteiger partial charge on any atom is -0.444 e. The highest BCUT2D eigenvalue weighted by molar-refractivity contribution is 5.68. The number of ether oxygens (including phenoxy) is 1. The number of aliphatic hydroxyl groups is 1. The minimum atomic E-state index is -0.455. The summed E-state index contributed by atoms with van der Waals surface area (Å²) in [5.41, 5.74) is -0.455. The summed E-state index contributed by atoms with van der Waals surface area (Å²) in [6, 6.07) is 0.552. The number of nitrogens with one attached hydrogen (secondary N) is 1. The molecule has 3 atom stereocenters. The second-order valence-corrected chi connectivity index (χ2v) is 7.56. The molecule has 0 saturated carbocycles. The summed E-state index contributed by atoms with van der Waals surface area (Å²) in [5.74, 6) is 0. The normalized spacial score (nSPS) is 22.8. The molecule has 3 unspecified atom stereocenters. The molecule has 1 saturated heterocycles. The number of aliphatic hydroxyl groups excluding tert-OH is 1. The molecule has 1 heterocycles. The van der Waals surface area contributed by atoms with E-state index in [1.807, 2.05) is 32.6 Å². The summed E-state index contributed by atoms with van der Waals surface area (Å²) in [6.07, 6.45) is 5.10. The maximum Gasteiger partial charge on any atom is 0.410 e. The highest BCUT2D eigenvalue weighted by Gasteiger charge is 2.30. The Morgan fingerprint density at radius 2 is 1.95 bits per heavy atom. The third-order valence-electron chi connectivity index (χ3n) is 3.97.